The van der Waals surface area contributed by atoms with E-state index >= 15 is 0 Å². The van der Waals surface area contributed by atoms with E-state index in [-0.39, 0.29) is 0 Å². The van der Waals surface area contributed by atoms with Gasteiger partial charge < -0.3 is 9.47 Å². The third kappa shape index (κ3) is 3.23. The zero-order valence-electron chi connectivity index (χ0n) is 13.1. The Hall–Kier alpha value is -1.16. The van der Waals surface area contributed by atoms with E-state index in [1.807, 2.05) is 0 Å². The molecule has 2 atom stereocenters. The molecule has 0 aromatic heterocycles. The van der Waals surface area contributed by atoms with E-state index in [1.165, 1.54) is 26.7 Å². The molecule has 4 rings (SSSR count). The van der Waals surface area contributed by atoms with Crippen LogP contribution in [0.1, 0.15) is 35.8 Å². The minimum atomic E-state index is 0.546. The van der Waals surface area contributed by atoms with Crippen molar-refractivity contribution < 1.29 is 9.47 Å². The lowest BCUT2D eigenvalue weighted by Gasteiger charge is -2.13. The molecule has 2 nitrogen and oxygen atoms in total. The van der Waals surface area contributed by atoms with E-state index in [2.05, 4.69) is 58.4 Å². The highest BCUT2D eigenvalue weighted by Crippen LogP contribution is 2.34. The largest absolute Gasteiger partial charge is 0.381 e. The summed E-state index contributed by atoms with van der Waals surface area (Å²) in [5, 5.41) is 0. The van der Waals surface area contributed by atoms with E-state index in [4.69, 9.17) is 9.47 Å². The lowest BCUT2D eigenvalue weighted by atomic mass is 9.93. The smallest absolute Gasteiger partial charge is 0.0535 e. The van der Waals surface area contributed by atoms with Crippen molar-refractivity contribution in [2.45, 2.75) is 24.7 Å². The van der Waals surface area contributed by atoms with Gasteiger partial charge in [0.25, 0.3) is 0 Å². The Kier molecular flexibility index (Phi) is 4.52. The van der Waals surface area contributed by atoms with Crippen molar-refractivity contribution in [3.63, 3.8) is 0 Å². The Balaban J connectivity index is 1.57. The minimum Gasteiger partial charge on any atom is -0.381 e. The van der Waals surface area contributed by atoms with Crippen LogP contribution >= 0.6 is 15.9 Å². The number of hydrogen-bond acceptors (Lipinski definition) is 2. The molecule has 2 aromatic carbocycles. The average Bonchev–Trinajstić information content (AvgIpc) is 3.29. The summed E-state index contributed by atoms with van der Waals surface area (Å²) in [6, 6.07) is 15.7. The van der Waals surface area contributed by atoms with Gasteiger partial charge in [-0.2, -0.15) is 0 Å². The summed E-state index contributed by atoms with van der Waals surface area (Å²) in [7, 11) is 0. The molecule has 0 aliphatic carbocycles. The lowest BCUT2D eigenvalue weighted by molar-refractivity contribution is 0.194. The first-order valence-electron chi connectivity index (χ1n) is 8.36. The Labute approximate surface area is 145 Å². The van der Waals surface area contributed by atoms with Gasteiger partial charge in [0, 0.05) is 29.5 Å². The van der Waals surface area contributed by atoms with Crippen molar-refractivity contribution in [3.05, 3.63) is 58.1 Å². The molecule has 0 spiro atoms. The molecule has 0 bridgehead atoms. The lowest BCUT2D eigenvalue weighted by Crippen LogP contribution is -1.98. The number of halogens is 1. The van der Waals surface area contributed by atoms with Gasteiger partial charge in [0.2, 0.25) is 0 Å². The molecular weight excluding hydrogens is 352 g/mol. The monoisotopic (exact) mass is 372 g/mol. The molecule has 2 aromatic rings. The van der Waals surface area contributed by atoms with Crippen LogP contribution in [0.3, 0.4) is 0 Å². The maximum absolute atomic E-state index is 5.50. The van der Waals surface area contributed by atoms with Gasteiger partial charge in [-0.3, -0.25) is 0 Å². The van der Waals surface area contributed by atoms with Crippen LogP contribution in [0.2, 0.25) is 0 Å². The second-order valence-corrected chi connectivity index (χ2v) is 7.34. The van der Waals surface area contributed by atoms with Crippen LogP contribution in [0.25, 0.3) is 11.1 Å². The van der Waals surface area contributed by atoms with Gasteiger partial charge in [0.15, 0.2) is 0 Å². The average molecular weight is 373 g/mol. The maximum atomic E-state index is 5.50. The van der Waals surface area contributed by atoms with Crippen LogP contribution in [-0.4, -0.2) is 26.4 Å². The first kappa shape index (κ1) is 15.4. The fraction of sp³-hybridized carbons (Fsp3) is 0.400. The molecule has 0 N–H and O–H groups in total. The SMILES string of the molecule is Brc1cc(C2CCOC2)ccc1-c1ccc(C2CCOC2)cc1. The molecule has 0 radical (unpaired) electrons. The van der Waals surface area contributed by atoms with Crippen molar-refractivity contribution in [3.8, 4) is 11.1 Å². The number of ether oxygens (including phenoxy) is 2. The summed E-state index contributed by atoms with van der Waals surface area (Å²) in [6.45, 7) is 3.49. The van der Waals surface area contributed by atoms with Gasteiger partial charge in [-0.15, -0.1) is 0 Å². The number of rotatable bonds is 3. The van der Waals surface area contributed by atoms with Crippen LogP contribution in [0.15, 0.2) is 46.9 Å². The fourth-order valence-corrected chi connectivity index (χ4v) is 4.17. The zero-order valence-corrected chi connectivity index (χ0v) is 14.7. The molecule has 2 fully saturated rings. The molecule has 23 heavy (non-hydrogen) atoms. The third-order valence-corrected chi connectivity index (χ3v) is 5.67. The normalized spacial score (nSPS) is 24.2. The molecular formula is C20H21BrO2. The Morgan fingerprint density at radius 2 is 1.39 bits per heavy atom. The molecule has 2 aliphatic rings. The number of hydrogen-bond donors (Lipinski definition) is 0. The first-order chi connectivity index (χ1) is 11.3. The molecule has 2 aliphatic heterocycles. The highest BCUT2D eigenvalue weighted by molar-refractivity contribution is 9.10. The van der Waals surface area contributed by atoms with Crippen molar-refractivity contribution >= 4 is 15.9 Å². The van der Waals surface area contributed by atoms with Gasteiger partial charge in [0.05, 0.1) is 13.2 Å². The fourth-order valence-electron chi connectivity index (χ4n) is 3.55. The Morgan fingerprint density at radius 1 is 0.783 bits per heavy atom. The minimum absolute atomic E-state index is 0.546. The predicted molar refractivity (Wildman–Crippen MR) is 95.9 cm³/mol. The van der Waals surface area contributed by atoms with E-state index in [9.17, 15) is 0 Å². The zero-order chi connectivity index (χ0) is 15.6. The highest BCUT2D eigenvalue weighted by atomic mass is 79.9. The molecule has 3 heteroatoms. The standard InChI is InChI=1S/C20H21BrO2/c21-20-11-16(18-8-10-23-13-18)5-6-19(20)15-3-1-14(2-4-15)17-7-9-22-12-17/h1-6,11,17-18H,7-10,12-13H2. The van der Waals surface area contributed by atoms with E-state index < -0.39 is 0 Å². The molecule has 2 unspecified atom stereocenters. The van der Waals surface area contributed by atoms with Crippen molar-refractivity contribution in [2.24, 2.45) is 0 Å². The summed E-state index contributed by atoms with van der Waals surface area (Å²) < 4.78 is 12.2. The van der Waals surface area contributed by atoms with Crippen molar-refractivity contribution in [1.29, 1.82) is 0 Å². The van der Waals surface area contributed by atoms with Crippen LogP contribution in [0.5, 0.6) is 0 Å². The van der Waals surface area contributed by atoms with Crippen LogP contribution < -0.4 is 0 Å². The number of benzene rings is 2. The van der Waals surface area contributed by atoms with Gasteiger partial charge >= 0.3 is 0 Å². The second kappa shape index (κ2) is 6.76. The van der Waals surface area contributed by atoms with E-state index in [1.54, 1.807) is 0 Å². The quantitative estimate of drug-likeness (QED) is 0.743. The molecule has 0 amide bonds. The predicted octanol–water partition coefficient (Wildman–Crippen LogP) is 5.12. The Bertz CT molecular complexity index is 669. The Morgan fingerprint density at radius 3 is 1.96 bits per heavy atom. The summed E-state index contributed by atoms with van der Waals surface area (Å²) in [5.74, 6) is 1.11. The first-order valence-corrected chi connectivity index (χ1v) is 9.16. The maximum Gasteiger partial charge on any atom is 0.0535 e. The second-order valence-electron chi connectivity index (χ2n) is 6.48. The van der Waals surface area contributed by atoms with Gasteiger partial charge in [0.1, 0.15) is 0 Å². The summed E-state index contributed by atoms with van der Waals surface area (Å²) >= 11 is 3.75. The summed E-state index contributed by atoms with van der Waals surface area (Å²) in [6.07, 6.45) is 2.27. The summed E-state index contributed by atoms with van der Waals surface area (Å²) in [4.78, 5) is 0. The third-order valence-electron chi connectivity index (χ3n) is 5.02. The van der Waals surface area contributed by atoms with Gasteiger partial charge in [-0.05, 0) is 41.2 Å². The van der Waals surface area contributed by atoms with E-state index in [0.29, 0.717) is 11.8 Å². The van der Waals surface area contributed by atoms with Crippen molar-refractivity contribution in [2.75, 3.05) is 26.4 Å². The van der Waals surface area contributed by atoms with Crippen LogP contribution in [0.4, 0.5) is 0 Å². The van der Waals surface area contributed by atoms with Crippen molar-refractivity contribution in [1.82, 2.24) is 0 Å². The highest BCUT2D eigenvalue weighted by Gasteiger charge is 2.19. The molecule has 120 valence electrons. The van der Waals surface area contributed by atoms with Gasteiger partial charge in [-0.1, -0.05) is 52.3 Å². The molecule has 2 heterocycles. The topological polar surface area (TPSA) is 18.5 Å². The molecule has 0 saturated carbocycles. The van der Waals surface area contributed by atoms with E-state index in [0.717, 1.165) is 39.3 Å². The van der Waals surface area contributed by atoms with Crippen LogP contribution in [0, 0.1) is 0 Å². The summed E-state index contributed by atoms with van der Waals surface area (Å²) in [5.41, 5.74) is 5.27. The van der Waals surface area contributed by atoms with Gasteiger partial charge in [-0.25, -0.2) is 0 Å². The van der Waals surface area contributed by atoms with Crippen LogP contribution in [-0.2, 0) is 9.47 Å². The molecule has 2 saturated heterocycles.